The summed E-state index contributed by atoms with van der Waals surface area (Å²) in [5, 5.41) is 0. The van der Waals surface area contributed by atoms with Gasteiger partial charge in [-0.15, -0.1) is 0 Å². The lowest BCUT2D eigenvalue weighted by Crippen LogP contribution is -2.49. The fraction of sp³-hybridized carbons (Fsp3) is 0.273. The van der Waals surface area contributed by atoms with E-state index in [0.29, 0.717) is 25.4 Å². The summed E-state index contributed by atoms with van der Waals surface area (Å²) in [6, 6.07) is 19.7. The van der Waals surface area contributed by atoms with Crippen LogP contribution in [0.15, 0.2) is 73.2 Å². The maximum atomic E-state index is 13.0. The van der Waals surface area contributed by atoms with Crippen molar-refractivity contribution in [3.63, 3.8) is 0 Å². The number of para-hydroxylation sites is 2. The lowest BCUT2D eigenvalue weighted by molar-refractivity contribution is 0.0612. The van der Waals surface area contributed by atoms with E-state index in [0.717, 1.165) is 31.1 Å². The quantitative estimate of drug-likeness (QED) is 0.664. The zero-order chi connectivity index (χ0) is 19.2. The molecule has 3 aromatic rings. The predicted molar refractivity (Wildman–Crippen MR) is 108 cm³/mol. The summed E-state index contributed by atoms with van der Waals surface area (Å²) in [5.74, 6) is 0.923. The maximum Gasteiger partial charge on any atom is 0.272 e. The van der Waals surface area contributed by atoms with Gasteiger partial charge in [-0.2, -0.15) is 0 Å². The average Bonchev–Trinajstić information content (AvgIpc) is 3.25. The molecule has 0 atom stereocenters. The van der Waals surface area contributed by atoms with Crippen molar-refractivity contribution in [1.29, 1.82) is 0 Å². The highest BCUT2D eigenvalue weighted by molar-refractivity contribution is 5.93. The number of ether oxygens (including phenoxy) is 1. The fourth-order valence-electron chi connectivity index (χ4n) is 3.39. The van der Waals surface area contributed by atoms with E-state index in [-0.39, 0.29) is 5.91 Å². The molecule has 0 unspecified atom stereocenters. The van der Waals surface area contributed by atoms with Gasteiger partial charge >= 0.3 is 0 Å². The minimum Gasteiger partial charge on any atom is -0.492 e. The van der Waals surface area contributed by atoms with Gasteiger partial charge in [-0.1, -0.05) is 36.4 Å². The van der Waals surface area contributed by atoms with Gasteiger partial charge in [-0.05, 0) is 24.3 Å². The first kappa shape index (κ1) is 18.3. The van der Waals surface area contributed by atoms with Crippen molar-refractivity contribution in [1.82, 2.24) is 19.4 Å². The molecule has 1 aliphatic rings. The smallest absolute Gasteiger partial charge is 0.272 e. The van der Waals surface area contributed by atoms with Gasteiger partial charge in [0, 0.05) is 38.4 Å². The molecule has 0 N–H and O–H groups in total. The second-order valence-electron chi connectivity index (χ2n) is 6.78. The first-order valence-electron chi connectivity index (χ1n) is 9.58. The Kier molecular flexibility index (Phi) is 5.68. The van der Waals surface area contributed by atoms with Crippen LogP contribution in [0.2, 0.25) is 0 Å². The number of benzene rings is 2. The second kappa shape index (κ2) is 8.71. The summed E-state index contributed by atoms with van der Waals surface area (Å²) in [7, 11) is 0. The number of rotatable bonds is 6. The molecule has 2 heterocycles. The van der Waals surface area contributed by atoms with Gasteiger partial charge in [-0.3, -0.25) is 14.3 Å². The molecule has 1 aliphatic heterocycles. The van der Waals surface area contributed by atoms with Crippen LogP contribution in [-0.4, -0.2) is 64.6 Å². The van der Waals surface area contributed by atoms with Crippen LogP contribution in [0, 0.1) is 0 Å². The van der Waals surface area contributed by atoms with Gasteiger partial charge in [0.15, 0.2) is 0 Å². The van der Waals surface area contributed by atoms with Crippen molar-refractivity contribution in [2.75, 3.05) is 39.3 Å². The molecule has 6 nitrogen and oxygen atoms in total. The SMILES string of the molecule is O=C(c1cncn1-c1ccccc1)N1CCN(CCOc2ccccc2)CC1. The van der Waals surface area contributed by atoms with Gasteiger partial charge in [0.1, 0.15) is 18.1 Å². The molecular weight excluding hydrogens is 352 g/mol. The van der Waals surface area contributed by atoms with Crippen LogP contribution in [0.1, 0.15) is 10.5 Å². The molecule has 144 valence electrons. The molecule has 0 radical (unpaired) electrons. The molecule has 1 amide bonds. The number of nitrogens with zero attached hydrogens (tertiary/aromatic N) is 4. The molecule has 0 spiro atoms. The summed E-state index contributed by atoms with van der Waals surface area (Å²) in [6.45, 7) is 4.64. The van der Waals surface area contributed by atoms with Gasteiger partial charge in [0.2, 0.25) is 0 Å². The highest BCUT2D eigenvalue weighted by atomic mass is 16.5. The maximum absolute atomic E-state index is 13.0. The second-order valence-corrected chi connectivity index (χ2v) is 6.78. The number of amides is 1. The van der Waals surface area contributed by atoms with E-state index in [1.54, 1.807) is 12.5 Å². The van der Waals surface area contributed by atoms with Gasteiger partial charge in [-0.25, -0.2) is 4.98 Å². The number of aromatic nitrogens is 2. The minimum absolute atomic E-state index is 0.0292. The van der Waals surface area contributed by atoms with E-state index >= 15 is 0 Å². The molecule has 6 heteroatoms. The monoisotopic (exact) mass is 376 g/mol. The van der Waals surface area contributed by atoms with Gasteiger partial charge < -0.3 is 9.64 Å². The lowest BCUT2D eigenvalue weighted by Gasteiger charge is -2.34. The van der Waals surface area contributed by atoms with E-state index in [1.165, 1.54) is 0 Å². The predicted octanol–water partition coefficient (Wildman–Crippen LogP) is 2.71. The average molecular weight is 376 g/mol. The number of carbonyl (C=O) groups is 1. The Morgan fingerprint density at radius 1 is 0.929 bits per heavy atom. The molecule has 28 heavy (non-hydrogen) atoms. The van der Waals surface area contributed by atoms with Crippen molar-refractivity contribution in [3.8, 4) is 11.4 Å². The van der Waals surface area contributed by atoms with E-state index < -0.39 is 0 Å². The van der Waals surface area contributed by atoms with E-state index in [4.69, 9.17) is 4.74 Å². The molecule has 1 aromatic heterocycles. The first-order valence-corrected chi connectivity index (χ1v) is 9.58. The highest BCUT2D eigenvalue weighted by Gasteiger charge is 2.24. The Bertz CT molecular complexity index is 887. The third-order valence-electron chi connectivity index (χ3n) is 4.97. The fourth-order valence-corrected chi connectivity index (χ4v) is 3.39. The largest absolute Gasteiger partial charge is 0.492 e. The van der Waals surface area contributed by atoms with Crippen LogP contribution in [0.3, 0.4) is 0 Å². The van der Waals surface area contributed by atoms with Crippen molar-refractivity contribution < 1.29 is 9.53 Å². The van der Waals surface area contributed by atoms with Crippen LogP contribution in [0.4, 0.5) is 0 Å². The number of hydrogen-bond donors (Lipinski definition) is 0. The Hall–Kier alpha value is -3.12. The molecular formula is C22H24N4O2. The zero-order valence-electron chi connectivity index (χ0n) is 15.8. The van der Waals surface area contributed by atoms with E-state index in [1.807, 2.05) is 70.1 Å². The highest BCUT2D eigenvalue weighted by Crippen LogP contribution is 2.14. The lowest BCUT2D eigenvalue weighted by atomic mass is 10.2. The molecule has 0 saturated carbocycles. The van der Waals surface area contributed by atoms with Crippen LogP contribution >= 0.6 is 0 Å². The molecule has 0 aliphatic carbocycles. The number of piperazine rings is 1. The topological polar surface area (TPSA) is 50.6 Å². The molecule has 0 bridgehead atoms. The summed E-state index contributed by atoms with van der Waals surface area (Å²) >= 11 is 0. The Morgan fingerprint density at radius 3 is 2.32 bits per heavy atom. The minimum atomic E-state index is 0.0292. The van der Waals surface area contributed by atoms with Gasteiger partial charge in [0.05, 0.1) is 12.5 Å². The molecule has 1 fully saturated rings. The van der Waals surface area contributed by atoms with Crippen LogP contribution < -0.4 is 4.74 Å². The zero-order valence-corrected chi connectivity index (χ0v) is 15.8. The summed E-state index contributed by atoms with van der Waals surface area (Å²) in [4.78, 5) is 21.4. The number of imidazole rings is 1. The number of hydrogen-bond acceptors (Lipinski definition) is 4. The van der Waals surface area contributed by atoms with Crippen LogP contribution in [0.25, 0.3) is 5.69 Å². The molecule has 2 aromatic carbocycles. The van der Waals surface area contributed by atoms with Crippen molar-refractivity contribution in [2.45, 2.75) is 0 Å². The third kappa shape index (κ3) is 4.23. The molecule has 4 rings (SSSR count). The first-order chi connectivity index (χ1) is 13.8. The molecule has 1 saturated heterocycles. The van der Waals surface area contributed by atoms with Crippen molar-refractivity contribution in [2.24, 2.45) is 0 Å². The van der Waals surface area contributed by atoms with Gasteiger partial charge in [0.25, 0.3) is 5.91 Å². The third-order valence-corrected chi connectivity index (χ3v) is 4.97. The Morgan fingerprint density at radius 2 is 1.61 bits per heavy atom. The van der Waals surface area contributed by atoms with Crippen molar-refractivity contribution >= 4 is 5.91 Å². The Balaban J connectivity index is 1.30. The summed E-state index contributed by atoms with van der Waals surface area (Å²) < 4.78 is 7.62. The summed E-state index contributed by atoms with van der Waals surface area (Å²) in [5.41, 5.74) is 1.55. The standard InChI is InChI=1S/C22H24N4O2/c27-22(21-17-23-18-26(21)19-7-3-1-4-8-19)25-13-11-24(12-14-25)15-16-28-20-9-5-2-6-10-20/h1-10,17-18H,11-16H2. The normalized spacial score (nSPS) is 14.8. The summed E-state index contributed by atoms with van der Waals surface area (Å²) in [6.07, 6.45) is 3.34. The Labute approximate surface area is 165 Å². The number of carbonyl (C=O) groups excluding carboxylic acids is 1. The van der Waals surface area contributed by atoms with Crippen molar-refractivity contribution in [3.05, 3.63) is 78.9 Å². The van der Waals surface area contributed by atoms with E-state index in [2.05, 4.69) is 9.88 Å². The van der Waals surface area contributed by atoms with E-state index in [9.17, 15) is 4.79 Å². The van der Waals surface area contributed by atoms with Crippen LogP contribution in [0.5, 0.6) is 5.75 Å². The van der Waals surface area contributed by atoms with Crippen LogP contribution in [-0.2, 0) is 0 Å².